The average molecular weight is 185 g/mol. The van der Waals surface area contributed by atoms with Crippen molar-refractivity contribution in [2.24, 2.45) is 0 Å². The van der Waals surface area contributed by atoms with Crippen LogP contribution in [0.1, 0.15) is 23.4 Å². The fraction of sp³-hybridized carbons (Fsp3) is 0.556. The molecular weight excluding hydrogens is 170 g/mol. The molecule has 0 spiro atoms. The van der Waals surface area contributed by atoms with E-state index in [9.17, 15) is 0 Å². The third-order valence-corrected chi connectivity index (χ3v) is 2.98. The average Bonchev–Trinajstić information content (AvgIpc) is 2.47. The molecule has 2 nitrogen and oxygen atoms in total. The number of aliphatic hydroxyl groups excluding tert-OH is 1. The fourth-order valence-electron chi connectivity index (χ4n) is 1.23. The Bertz CT molecular complexity index is 234. The largest absolute Gasteiger partial charge is 0.394 e. The first-order valence-corrected chi connectivity index (χ1v) is 5.05. The van der Waals surface area contributed by atoms with E-state index < -0.39 is 0 Å². The van der Waals surface area contributed by atoms with Crippen LogP contribution in [0.2, 0.25) is 0 Å². The van der Waals surface area contributed by atoms with E-state index >= 15 is 0 Å². The summed E-state index contributed by atoms with van der Waals surface area (Å²) in [4.78, 5) is 1.25. The molecule has 0 aliphatic rings. The number of nitrogens with one attached hydrogen (secondary N) is 1. The lowest BCUT2D eigenvalue weighted by Crippen LogP contribution is -2.23. The molecule has 0 bridgehead atoms. The summed E-state index contributed by atoms with van der Waals surface area (Å²) >= 11 is 1.70. The first-order valence-electron chi connectivity index (χ1n) is 4.17. The van der Waals surface area contributed by atoms with Crippen molar-refractivity contribution in [1.82, 2.24) is 5.32 Å². The maximum Gasteiger partial charge on any atom is 0.0652 e. The van der Waals surface area contributed by atoms with Gasteiger partial charge in [-0.3, -0.25) is 0 Å². The van der Waals surface area contributed by atoms with Crippen LogP contribution in [0, 0.1) is 6.92 Å². The summed E-state index contributed by atoms with van der Waals surface area (Å²) in [5.41, 5.74) is 1.26. The summed E-state index contributed by atoms with van der Waals surface area (Å²) in [6.07, 6.45) is 0. The van der Waals surface area contributed by atoms with Gasteiger partial charge in [0.15, 0.2) is 0 Å². The predicted molar refractivity (Wildman–Crippen MR) is 52.6 cm³/mol. The maximum atomic E-state index is 9.10. The monoisotopic (exact) mass is 185 g/mol. The molecule has 0 amide bonds. The van der Waals surface area contributed by atoms with Crippen molar-refractivity contribution in [3.05, 3.63) is 21.9 Å². The van der Waals surface area contributed by atoms with E-state index in [1.165, 1.54) is 10.4 Å². The second kappa shape index (κ2) is 4.60. The first-order chi connectivity index (χ1) is 5.79. The molecule has 68 valence electrons. The molecule has 2 N–H and O–H groups in total. The number of hydrogen-bond donors (Lipinski definition) is 2. The van der Waals surface area contributed by atoms with Crippen molar-refractivity contribution in [3.63, 3.8) is 0 Å². The van der Waals surface area contributed by atoms with Crippen molar-refractivity contribution < 1.29 is 5.11 Å². The molecule has 3 heteroatoms. The second-order valence-electron chi connectivity index (χ2n) is 2.76. The number of hydrogen-bond acceptors (Lipinski definition) is 3. The van der Waals surface area contributed by atoms with Gasteiger partial charge in [-0.05, 0) is 30.5 Å². The van der Waals surface area contributed by atoms with Crippen LogP contribution >= 0.6 is 11.3 Å². The first kappa shape index (κ1) is 9.71. The normalized spacial score (nSPS) is 13.2. The van der Waals surface area contributed by atoms with Crippen LogP contribution in [0.5, 0.6) is 0 Å². The zero-order chi connectivity index (χ0) is 8.97. The molecule has 0 aromatic carbocycles. The van der Waals surface area contributed by atoms with Gasteiger partial charge in [-0.1, -0.05) is 6.92 Å². The van der Waals surface area contributed by atoms with Gasteiger partial charge in [0, 0.05) is 4.88 Å². The van der Waals surface area contributed by atoms with E-state index in [0.29, 0.717) is 0 Å². The summed E-state index contributed by atoms with van der Waals surface area (Å²) in [5.74, 6) is 0. The van der Waals surface area contributed by atoms with Gasteiger partial charge in [0.05, 0.1) is 12.6 Å². The van der Waals surface area contributed by atoms with Crippen LogP contribution in [-0.4, -0.2) is 18.3 Å². The van der Waals surface area contributed by atoms with Crippen molar-refractivity contribution in [1.29, 1.82) is 0 Å². The summed E-state index contributed by atoms with van der Waals surface area (Å²) in [6, 6.07) is 2.20. The fourth-order valence-corrected chi connectivity index (χ4v) is 2.22. The van der Waals surface area contributed by atoms with Crippen LogP contribution in [0.25, 0.3) is 0 Å². The van der Waals surface area contributed by atoms with Crippen molar-refractivity contribution in [2.45, 2.75) is 19.9 Å². The molecule has 0 saturated carbocycles. The molecular formula is C9H15NOS. The smallest absolute Gasteiger partial charge is 0.0652 e. The Balaban J connectivity index is 2.72. The predicted octanol–water partition coefficient (Wildman–Crippen LogP) is 1.70. The number of rotatable bonds is 4. The van der Waals surface area contributed by atoms with Crippen LogP contribution < -0.4 is 5.32 Å². The zero-order valence-electron chi connectivity index (χ0n) is 7.50. The van der Waals surface area contributed by atoms with E-state index in [0.717, 1.165) is 6.54 Å². The van der Waals surface area contributed by atoms with Gasteiger partial charge in [0.1, 0.15) is 0 Å². The second-order valence-corrected chi connectivity index (χ2v) is 3.71. The lowest BCUT2D eigenvalue weighted by molar-refractivity contribution is 0.248. The minimum absolute atomic E-state index is 0.120. The Labute approximate surface area is 77.2 Å². The molecule has 1 heterocycles. The summed E-state index contributed by atoms with van der Waals surface area (Å²) in [6.45, 7) is 5.19. The Morgan fingerprint density at radius 3 is 2.83 bits per heavy atom. The van der Waals surface area contributed by atoms with Crippen molar-refractivity contribution >= 4 is 11.3 Å². The van der Waals surface area contributed by atoms with E-state index in [1.807, 2.05) is 6.92 Å². The molecule has 0 saturated heterocycles. The van der Waals surface area contributed by atoms with Crippen molar-refractivity contribution in [3.8, 4) is 0 Å². The third-order valence-electron chi connectivity index (χ3n) is 1.85. The SMILES string of the molecule is CCNC(CO)c1sccc1C. The Morgan fingerprint density at radius 1 is 1.67 bits per heavy atom. The Kier molecular flexibility index (Phi) is 3.72. The highest BCUT2D eigenvalue weighted by Gasteiger charge is 2.11. The standard InChI is InChI=1S/C9H15NOS/c1-3-10-8(6-11)9-7(2)4-5-12-9/h4-5,8,10-11H,3,6H2,1-2H3. The molecule has 12 heavy (non-hydrogen) atoms. The molecule has 1 aromatic rings. The van der Waals surface area contributed by atoms with E-state index in [1.54, 1.807) is 11.3 Å². The highest BCUT2D eigenvalue weighted by Crippen LogP contribution is 2.23. The summed E-state index contributed by atoms with van der Waals surface area (Å²) in [5, 5.41) is 14.4. The minimum Gasteiger partial charge on any atom is -0.394 e. The molecule has 0 aliphatic heterocycles. The lowest BCUT2D eigenvalue weighted by Gasteiger charge is -2.13. The van der Waals surface area contributed by atoms with Gasteiger partial charge in [-0.2, -0.15) is 0 Å². The van der Waals surface area contributed by atoms with Gasteiger partial charge >= 0.3 is 0 Å². The van der Waals surface area contributed by atoms with Crippen LogP contribution in [0.3, 0.4) is 0 Å². The maximum absolute atomic E-state index is 9.10. The molecule has 1 unspecified atom stereocenters. The summed E-state index contributed by atoms with van der Waals surface area (Å²) < 4.78 is 0. The van der Waals surface area contributed by atoms with Crippen LogP contribution in [0.15, 0.2) is 11.4 Å². The quantitative estimate of drug-likeness (QED) is 0.748. The molecule has 0 aliphatic carbocycles. The molecule has 1 atom stereocenters. The summed E-state index contributed by atoms with van der Waals surface area (Å²) in [7, 11) is 0. The highest BCUT2D eigenvalue weighted by molar-refractivity contribution is 7.10. The molecule has 0 fully saturated rings. The lowest BCUT2D eigenvalue weighted by atomic mass is 10.2. The van der Waals surface area contributed by atoms with E-state index in [-0.39, 0.29) is 12.6 Å². The molecule has 1 aromatic heterocycles. The van der Waals surface area contributed by atoms with Gasteiger partial charge in [-0.15, -0.1) is 11.3 Å². The number of aryl methyl sites for hydroxylation is 1. The minimum atomic E-state index is 0.120. The van der Waals surface area contributed by atoms with E-state index in [2.05, 4.69) is 23.7 Å². The number of thiophene rings is 1. The topological polar surface area (TPSA) is 32.3 Å². The van der Waals surface area contributed by atoms with Gasteiger partial charge in [0.2, 0.25) is 0 Å². The highest BCUT2D eigenvalue weighted by atomic mass is 32.1. The molecule has 0 radical (unpaired) electrons. The Hall–Kier alpha value is -0.380. The Morgan fingerprint density at radius 2 is 2.42 bits per heavy atom. The molecule has 1 rings (SSSR count). The van der Waals surface area contributed by atoms with Crippen molar-refractivity contribution in [2.75, 3.05) is 13.2 Å². The van der Waals surface area contributed by atoms with Gasteiger partial charge in [-0.25, -0.2) is 0 Å². The zero-order valence-corrected chi connectivity index (χ0v) is 8.32. The van der Waals surface area contributed by atoms with E-state index in [4.69, 9.17) is 5.11 Å². The van der Waals surface area contributed by atoms with Gasteiger partial charge in [0.25, 0.3) is 0 Å². The number of likely N-dealkylation sites (N-methyl/N-ethyl adjacent to an activating group) is 1. The van der Waals surface area contributed by atoms with Crippen LogP contribution in [-0.2, 0) is 0 Å². The third kappa shape index (κ3) is 2.06. The van der Waals surface area contributed by atoms with Gasteiger partial charge < -0.3 is 10.4 Å². The number of aliphatic hydroxyl groups is 1. The van der Waals surface area contributed by atoms with Crippen LogP contribution in [0.4, 0.5) is 0 Å².